The smallest absolute Gasteiger partial charge is 0.288 e. The first-order valence-electron chi connectivity index (χ1n) is 8.70. The second-order valence-electron chi connectivity index (χ2n) is 6.47. The van der Waals surface area contributed by atoms with E-state index in [4.69, 9.17) is 0 Å². The zero-order chi connectivity index (χ0) is 19.0. The third-order valence-electron chi connectivity index (χ3n) is 4.71. The summed E-state index contributed by atoms with van der Waals surface area (Å²) in [5.74, 6) is -2.18. The Morgan fingerprint density at radius 1 is 1.11 bits per heavy atom. The minimum Gasteiger partial charge on any atom is -0.288 e. The van der Waals surface area contributed by atoms with Crippen LogP contribution in [0.15, 0.2) is 48.5 Å². The number of nitrogens with one attached hydrogen (secondary N) is 1. The van der Waals surface area contributed by atoms with Gasteiger partial charge in [0.1, 0.15) is 0 Å². The van der Waals surface area contributed by atoms with Gasteiger partial charge in [-0.25, -0.2) is 13.5 Å². The van der Waals surface area contributed by atoms with Crippen molar-refractivity contribution in [1.82, 2.24) is 15.2 Å². The number of anilines is 1. The predicted molar refractivity (Wildman–Crippen MR) is 97.8 cm³/mol. The van der Waals surface area contributed by atoms with E-state index in [9.17, 15) is 13.6 Å². The molecule has 27 heavy (non-hydrogen) atoms. The van der Waals surface area contributed by atoms with Gasteiger partial charge in [0.2, 0.25) is 0 Å². The molecule has 1 aliphatic rings. The van der Waals surface area contributed by atoms with E-state index in [0.717, 1.165) is 48.3 Å². The third kappa shape index (κ3) is 3.16. The van der Waals surface area contributed by atoms with Crippen LogP contribution >= 0.6 is 0 Å². The van der Waals surface area contributed by atoms with Gasteiger partial charge in [-0.05, 0) is 43.5 Å². The Labute approximate surface area is 155 Å². The lowest BCUT2D eigenvalue weighted by Crippen LogP contribution is -2.39. The quantitative estimate of drug-likeness (QED) is 0.718. The maximum atomic E-state index is 13.6. The fraction of sp³-hybridized carbons (Fsp3) is 0.200. The van der Waals surface area contributed by atoms with E-state index < -0.39 is 11.6 Å². The molecule has 1 heterocycles. The largest absolute Gasteiger partial charge is 0.290 e. The van der Waals surface area contributed by atoms with Crippen LogP contribution in [-0.4, -0.2) is 22.7 Å². The Bertz CT molecular complexity index is 1000. The molecule has 2 aromatic carbocycles. The van der Waals surface area contributed by atoms with Crippen molar-refractivity contribution < 1.29 is 13.6 Å². The molecule has 1 aromatic heterocycles. The van der Waals surface area contributed by atoms with Crippen molar-refractivity contribution in [3.63, 3.8) is 0 Å². The van der Waals surface area contributed by atoms with E-state index in [0.29, 0.717) is 11.4 Å². The van der Waals surface area contributed by atoms with Crippen molar-refractivity contribution in [1.29, 1.82) is 0 Å². The lowest BCUT2D eigenvalue weighted by Gasteiger charge is -2.19. The number of para-hydroxylation sites is 1. The Balaban J connectivity index is 1.66. The van der Waals surface area contributed by atoms with Gasteiger partial charge in [0.05, 0.1) is 11.4 Å². The number of benzene rings is 2. The van der Waals surface area contributed by atoms with Gasteiger partial charge in [0.15, 0.2) is 17.3 Å². The van der Waals surface area contributed by atoms with Gasteiger partial charge >= 0.3 is 0 Å². The molecule has 1 aliphatic carbocycles. The maximum Gasteiger partial charge on any atom is 0.290 e. The summed E-state index contributed by atoms with van der Waals surface area (Å²) >= 11 is 0. The molecule has 0 aliphatic heterocycles. The molecule has 0 spiro atoms. The van der Waals surface area contributed by atoms with E-state index in [1.165, 1.54) is 6.07 Å². The second-order valence-corrected chi connectivity index (χ2v) is 6.47. The summed E-state index contributed by atoms with van der Waals surface area (Å²) in [6.45, 7) is 0. The molecule has 0 unspecified atom stereocenters. The van der Waals surface area contributed by atoms with E-state index in [2.05, 4.69) is 10.5 Å². The van der Waals surface area contributed by atoms with Crippen LogP contribution in [0.25, 0.3) is 5.69 Å². The number of nitrogens with zero attached hydrogens (tertiary/aromatic N) is 3. The highest BCUT2D eigenvalue weighted by Crippen LogP contribution is 2.28. The molecule has 0 fully saturated rings. The standard InChI is InChI=1S/C20H18F2N4O/c1-25(13-6-3-2-4-7-13)24-20(27)19-15-8-5-9-18(15)26(23-19)14-10-11-16(21)17(22)12-14/h2-4,6-7,10-12H,5,8-9H2,1H3,(H,24,27). The first-order chi connectivity index (χ1) is 13.0. The molecule has 3 aromatic rings. The number of hydrogen-bond acceptors (Lipinski definition) is 3. The summed E-state index contributed by atoms with van der Waals surface area (Å²) in [5, 5.41) is 6.03. The van der Waals surface area contributed by atoms with Crippen molar-refractivity contribution in [3.8, 4) is 5.69 Å². The van der Waals surface area contributed by atoms with Crippen LogP contribution < -0.4 is 10.4 Å². The molecule has 1 amide bonds. The average molecular weight is 368 g/mol. The highest BCUT2D eigenvalue weighted by atomic mass is 19.2. The van der Waals surface area contributed by atoms with Crippen molar-refractivity contribution in [3.05, 3.63) is 77.1 Å². The number of aromatic nitrogens is 2. The first-order valence-corrected chi connectivity index (χ1v) is 8.70. The fourth-order valence-electron chi connectivity index (χ4n) is 3.37. The topological polar surface area (TPSA) is 50.2 Å². The number of rotatable bonds is 4. The molecular weight excluding hydrogens is 350 g/mol. The summed E-state index contributed by atoms with van der Waals surface area (Å²) in [4.78, 5) is 12.8. The highest BCUT2D eigenvalue weighted by Gasteiger charge is 2.27. The second kappa shape index (κ2) is 6.83. The monoisotopic (exact) mass is 368 g/mol. The number of hydrogen-bond donors (Lipinski definition) is 1. The predicted octanol–water partition coefficient (Wildman–Crippen LogP) is 3.42. The Morgan fingerprint density at radius 3 is 2.63 bits per heavy atom. The molecule has 1 N–H and O–H groups in total. The Morgan fingerprint density at radius 2 is 1.89 bits per heavy atom. The molecule has 0 radical (unpaired) electrons. The lowest BCUT2D eigenvalue weighted by atomic mass is 10.2. The van der Waals surface area contributed by atoms with Gasteiger partial charge in [0.25, 0.3) is 5.91 Å². The van der Waals surface area contributed by atoms with Crippen molar-refractivity contribution >= 4 is 11.6 Å². The minimum atomic E-state index is -0.940. The van der Waals surface area contributed by atoms with E-state index in [1.807, 2.05) is 30.3 Å². The van der Waals surface area contributed by atoms with Crippen molar-refractivity contribution in [2.24, 2.45) is 0 Å². The summed E-state index contributed by atoms with van der Waals surface area (Å²) in [6.07, 6.45) is 2.37. The van der Waals surface area contributed by atoms with Crippen molar-refractivity contribution in [2.45, 2.75) is 19.3 Å². The Kier molecular flexibility index (Phi) is 4.35. The summed E-state index contributed by atoms with van der Waals surface area (Å²) in [5.41, 5.74) is 6.10. The first kappa shape index (κ1) is 17.2. The summed E-state index contributed by atoms with van der Waals surface area (Å²) in [7, 11) is 1.75. The van der Waals surface area contributed by atoms with Gasteiger partial charge in [0, 0.05) is 24.4 Å². The number of carbonyl (C=O) groups excluding carboxylic acids is 1. The average Bonchev–Trinajstić information content (AvgIpc) is 3.27. The number of amides is 1. The molecule has 0 saturated carbocycles. The van der Waals surface area contributed by atoms with Crippen LogP contribution in [0.2, 0.25) is 0 Å². The van der Waals surface area contributed by atoms with E-state index >= 15 is 0 Å². The van der Waals surface area contributed by atoms with Crippen LogP contribution in [0.1, 0.15) is 28.2 Å². The number of halogens is 2. The van der Waals surface area contributed by atoms with Crippen LogP contribution in [0, 0.1) is 11.6 Å². The molecule has 4 rings (SSSR count). The molecule has 138 valence electrons. The Hall–Kier alpha value is -3.22. The van der Waals surface area contributed by atoms with Gasteiger partial charge in [-0.2, -0.15) is 5.10 Å². The van der Waals surface area contributed by atoms with Gasteiger partial charge < -0.3 is 0 Å². The van der Waals surface area contributed by atoms with E-state index in [-0.39, 0.29) is 5.91 Å². The van der Waals surface area contributed by atoms with Crippen LogP contribution in [0.4, 0.5) is 14.5 Å². The fourth-order valence-corrected chi connectivity index (χ4v) is 3.37. The highest BCUT2D eigenvalue weighted by molar-refractivity contribution is 5.95. The number of fused-ring (bicyclic) bond motifs is 1. The molecular formula is C20H18F2N4O. The molecule has 0 bridgehead atoms. The third-order valence-corrected chi connectivity index (χ3v) is 4.71. The molecule has 5 nitrogen and oxygen atoms in total. The SMILES string of the molecule is CN(NC(=O)c1nn(-c2ccc(F)c(F)c2)c2c1CCC2)c1ccccc1. The van der Waals surface area contributed by atoms with Crippen LogP contribution in [0.3, 0.4) is 0 Å². The van der Waals surface area contributed by atoms with E-state index in [1.54, 1.807) is 16.7 Å². The summed E-state index contributed by atoms with van der Waals surface area (Å²) < 4.78 is 28.4. The normalized spacial score (nSPS) is 12.7. The molecule has 7 heteroatoms. The zero-order valence-corrected chi connectivity index (χ0v) is 14.7. The van der Waals surface area contributed by atoms with Crippen LogP contribution in [-0.2, 0) is 12.8 Å². The number of hydrazine groups is 1. The van der Waals surface area contributed by atoms with Crippen LogP contribution in [0.5, 0.6) is 0 Å². The zero-order valence-electron chi connectivity index (χ0n) is 14.7. The van der Waals surface area contributed by atoms with Gasteiger partial charge in [-0.15, -0.1) is 0 Å². The molecule has 0 atom stereocenters. The summed E-state index contributed by atoms with van der Waals surface area (Å²) in [6, 6.07) is 13.0. The van der Waals surface area contributed by atoms with Crippen molar-refractivity contribution in [2.75, 3.05) is 12.1 Å². The molecule has 0 saturated heterocycles. The van der Waals surface area contributed by atoms with Gasteiger partial charge in [-0.1, -0.05) is 18.2 Å². The lowest BCUT2D eigenvalue weighted by molar-refractivity contribution is 0.0945. The maximum absolute atomic E-state index is 13.6. The minimum absolute atomic E-state index is 0.315. The number of carbonyl (C=O) groups is 1. The van der Waals surface area contributed by atoms with Gasteiger partial charge in [-0.3, -0.25) is 15.2 Å².